The minimum atomic E-state index is -3.66. The Hall–Kier alpha value is -2.25. The summed E-state index contributed by atoms with van der Waals surface area (Å²) in [6.07, 6.45) is 1.05. The number of halogens is 1. The molecular formula is C17H19ClN2O4S. The zero-order valence-electron chi connectivity index (χ0n) is 14.1. The highest BCUT2D eigenvalue weighted by Crippen LogP contribution is 2.25. The molecule has 0 spiro atoms. The molecule has 1 N–H and O–H groups in total. The third-order valence-corrected chi connectivity index (χ3v) is 5.12. The molecule has 0 atom stereocenters. The maximum Gasteiger partial charge on any atom is 0.245 e. The summed E-state index contributed by atoms with van der Waals surface area (Å²) < 4.78 is 30.4. The van der Waals surface area contributed by atoms with Crippen LogP contribution in [0.15, 0.2) is 42.5 Å². The van der Waals surface area contributed by atoms with Gasteiger partial charge in [0.15, 0.2) is 0 Å². The second-order valence-corrected chi connectivity index (χ2v) is 7.75. The monoisotopic (exact) mass is 382 g/mol. The molecule has 0 aromatic heterocycles. The van der Waals surface area contributed by atoms with Crippen LogP contribution in [0.1, 0.15) is 5.56 Å². The van der Waals surface area contributed by atoms with Crippen molar-refractivity contribution in [3.05, 3.63) is 53.1 Å². The molecule has 6 nitrogen and oxygen atoms in total. The molecule has 0 aliphatic carbocycles. The van der Waals surface area contributed by atoms with E-state index in [1.54, 1.807) is 49.4 Å². The summed E-state index contributed by atoms with van der Waals surface area (Å²) in [5, 5.41) is 3.21. The van der Waals surface area contributed by atoms with Crippen molar-refractivity contribution in [2.75, 3.05) is 29.5 Å². The van der Waals surface area contributed by atoms with Gasteiger partial charge in [-0.2, -0.15) is 0 Å². The molecule has 0 fully saturated rings. The van der Waals surface area contributed by atoms with Crippen LogP contribution in [0.2, 0.25) is 5.02 Å². The summed E-state index contributed by atoms with van der Waals surface area (Å²) in [7, 11) is -2.17. The van der Waals surface area contributed by atoms with Gasteiger partial charge in [0.25, 0.3) is 0 Å². The van der Waals surface area contributed by atoms with Crippen LogP contribution in [0.3, 0.4) is 0 Å². The lowest BCUT2D eigenvalue weighted by Crippen LogP contribution is -2.37. The lowest BCUT2D eigenvalue weighted by atomic mass is 10.2. The van der Waals surface area contributed by atoms with E-state index in [1.165, 1.54) is 7.11 Å². The van der Waals surface area contributed by atoms with E-state index in [1.807, 2.05) is 0 Å². The molecular weight excluding hydrogens is 364 g/mol. The fraction of sp³-hybridized carbons (Fsp3) is 0.235. The summed E-state index contributed by atoms with van der Waals surface area (Å²) >= 11 is 6.03. The number of sulfonamides is 1. The van der Waals surface area contributed by atoms with E-state index < -0.39 is 15.9 Å². The van der Waals surface area contributed by atoms with Crippen LogP contribution in [0.25, 0.3) is 0 Å². The molecule has 134 valence electrons. The van der Waals surface area contributed by atoms with Crippen LogP contribution in [0.4, 0.5) is 11.4 Å². The van der Waals surface area contributed by atoms with Crippen LogP contribution < -0.4 is 14.4 Å². The number of hydrogen-bond acceptors (Lipinski definition) is 4. The molecule has 0 aliphatic rings. The van der Waals surface area contributed by atoms with E-state index in [4.69, 9.17) is 16.3 Å². The SMILES string of the molecule is COc1cccc(N(CC(=O)Nc2cccc(Cl)c2C)S(C)(=O)=O)c1. The van der Waals surface area contributed by atoms with Crippen LogP contribution >= 0.6 is 11.6 Å². The zero-order chi connectivity index (χ0) is 18.6. The summed E-state index contributed by atoms with van der Waals surface area (Å²) in [6, 6.07) is 11.6. The highest BCUT2D eigenvalue weighted by atomic mass is 35.5. The molecule has 2 aromatic carbocycles. The van der Waals surface area contributed by atoms with E-state index >= 15 is 0 Å². The van der Waals surface area contributed by atoms with Gasteiger partial charge in [-0.25, -0.2) is 8.42 Å². The van der Waals surface area contributed by atoms with Crippen molar-refractivity contribution < 1.29 is 17.9 Å². The van der Waals surface area contributed by atoms with Gasteiger partial charge < -0.3 is 10.1 Å². The van der Waals surface area contributed by atoms with Gasteiger partial charge in [0.05, 0.1) is 19.1 Å². The first kappa shape index (κ1) is 19.1. The maximum absolute atomic E-state index is 12.4. The second-order valence-electron chi connectivity index (χ2n) is 5.43. The standard InChI is InChI=1S/C17H19ClN2O4S/c1-12-15(18)8-5-9-16(12)19-17(21)11-20(25(3,22)23)13-6-4-7-14(10-13)24-2/h4-10H,11H2,1-3H3,(H,19,21). The van der Waals surface area contributed by atoms with Gasteiger partial charge in [0.2, 0.25) is 15.9 Å². The minimum Gasteiger partial charge on any atom is -0.497 e. The first-order chi connectivity index (χ1) is 11.7. The Morgan fingerprint density at radius 3 is 2.56 bits per heavy atom. The maximum atomic E-state index is 12.4. The highest BCUT2D eigenvalue weighted by molar-refractivity contribution is 7.92. The van der Waals surface area contributed by atoms with Gasteiger partial charge in [-0.1, -0.05) is 23.7 Å². The Morgan fingerprint density at radius 1 is 1.24 bits per heavy atom. The zero-order valence-corrected chi connectivity index (χ0v) is 15.7. The molecule has 2 aromatic rings. The van der Waals surface area contributed by atoms with Gasteiger partial charge in [-0.05, 0) is 36.8 Å². The van der Waals surface area contributed by atoms with E-state index in [2.05, 4.69) is 5.32 Å². The number of ether oxygens (including phenoxy) is 1. The molecule has 8 heteroatoms. The first-order valence-electron chi connectivity index (χ1n) is 7.39. The average Bonchev–Trinajstić information content (AvgIpc) is 2.56. The van der Waals surface area contributed by atoms with E-state index in [-0.39, 0.29) is 6.54 Å². The predicted molar refractivity (Wildman–Crippen MR) is 100 cm³/mol. The Morgan fingerprint density at radius 2 is 1.92 bits per heavy atom. The molecule has 0 radical (unpaired) electrons. The number of benzene rings is 2. The fourth-order valence-electron chi connectivity index (χ4n) is 2.23. The number of nitrogens with one attached hydrogen (secondary N) is 1. The van der Waals surface area contributed by atoms with Gasteiger partial charge in [-0.15, -0.1) is 0 Å². The third-order valence-electron chi connectivity index (χ3n) is 3.57. The molecule has 0 aliphatic heterocycles. The lowest BCUT2D eigenvalue weighted by molar-refractivity contribution is -0.114. The van der Waals surface area contributed by atoms with Crippen molar-refractivity contribution in [1.29, 1.82) is 0 Å². The Kier molecular flexibility index (Phi) is 5.92. The minimum absolute atomic E-state index is 0.347. The summed E-state index contributed by atoms with van der Waals surface area (Å²) in [6.45, 7) is 1.41. The number of carbonyl (C=O) groups excluding carboxylic acids is 1. The molecule has 0 saturated heterocycles. The topological polar surface area (TPSA) is 75.7 Å². The van der Waals surface area contributed by atoms with Crippen LogP contribution in [-0.4, -0.2) is 34.2 Å². The molecule has 0 heterocycles. The quantitative estimate of drug-likeness (QED) is 0.833. The first-order valence-corrected chi connectivity index (χ1v) is 9.61. The third kappa shape index (κ3) is 4.87. The molecule has 0 unspecified atom stereocenters. The van der Waals surface area contributed by atoms with Crippen LogP contribution in [0, 0.1) is 6.92 Å². The van der Waals surface area contributed by atoms with E-state index in [0.717, 1.165) is 10.6 Å². The van der Waals surface area contributed by atoms with Crippen molar-refractivity contribution in [1.82, 2.24) is 0 Å². The number of nitrogens with zero attached hydrogens (tertiary/aromatic N) is 1. The van der Waals surface area contributed by atoms with Gasteiger partial charge in [0.1, 0.15) is 12.3 Å². The largest absolute Gasteiger partial charge is 0.497 e. The lowest BCUT2D eigenvalue weighted by Gasteiger charge is -2.22. The summed E-state index contributed by atoms with van der Waals surface area (Å²) in [4.78, 5) is 12.4. The molecule has 0 bridgehead atoms. The second kappa shape index (κ2) is 7.76. The fourth-order valence-corrected chi connectivity index (χ4v) is 3.25. The number of methoxy groups -OCH3 is 1. The van der Waals surface area contributed by atoms with Gasteiger partial charge in [-0.3, -0.25) is 9.10 Å². The normalized spacial score (nSPS) is 11.0. The van der Waals surface area contributed by atoms with E-state index in [0.29, 0.717) is 27.7 Å². The number of hydrogen-bond donors (Lipinski definition) is 1. The Bertz CT molecular complexity index is 884. The average molecular weight is 383 g/mol. The smallest absolute Gasteiger partial charge is 0.245 e. The van der Waals surface area contributed by atoms with Crippen molar-refractivity contribution in [2.45, 2.75) is 6.92 Å². The van der Waals surface area contributed by atoms with Crippen molar-refractivity contribution in [3.8, 4) is 5.75 Å². The molecule has 0 saturated carbocycles. The van der Waals surface area contributed by atoms with Crippen LogP contribution in [-0.2, 0) is 14.8 Å². The highest BCUT2D eigenvalue weighted by Gasteiger charge is 2.21. The number of rotatable bonds is 6. The van der Waals surface area contributed by atoms with Crippen molar-refractivity contribution in [3.63, 3.8) is 0 Å². The van der Waals surface area contributed by atoms with Gasteiger partial charge >= 0.3 is 0 Å². The van der Waals surface area contributed by atoms with Crippen molar-refractivity contribution in [2.24, 2.45) is 0 Å². The molecule has 1 amide bonds. The van der Waals surface area contributed by atoms with Gasteiger partial charge in [0, 0.05) is 16.8 Å². The number of anilines is 2. The summed E-state index contributed by atoms with van der Waals surface area (Å²) in [5.41, 5.74) is 1.60. The number of carbonyl (C=O) groups is 1. The predicted octanol–water partition coefficient (Wildman–Crippen LogP) is 3.06. The summed E-state index contributed by atoms with van der Waals surface area (Å²) in [5.74, 6) is 0.0239. The number of amides is 1. The molecule has 25 heavy (non-hydrogen) atoms. The van der Waals surface area contributed by atoms with Crippen LogP contribution in [0.5, 0.6) is 5.75 Å². The Balaban J connectivity index is 2.25. The Labute approximate surface area is 152 Å². The van der Waals surface area contributed by atoms with Crippen molar-refractivity contribution >= 4 is 38.9 Å². The van der Waals surface area contributed by atoms with E-state index in [9.17, 15) is 13.2 Å². The molecule has 2 rings (SSSR count).